The highest BCUT2D eigenvalue weighted by atomic mass is 16.5. The van der Waals surface area contributed by atoms with E-state index < -0.39 is 5.41 Å². The van der Waals surface area contributed by atoms with Gasteiger partial charge in [-0.3, -0.25) is 9.59 Å². The quantitative estimate of drug-likeness (QED) is 0.821. The molecule has 0 spiro atoms. The summed E-state index contributed by atoms with van der Waals surface area (Å²) in [5.74, 6) is 0.755. The van der Waals surface area contributed by atoms with E-state index in [0.717, 1.165) is 0 Å². The molecule has 0 atom stereocenters. The molecule has 1 heterocycles. The highest BCUT2D eigenvalue weighted by molar-refractivity contribution is 6.13. The van der Waals surface area contributed by atoms with Gasteiger partial charge in [0, 0.05) is 19.2 Å². The number of nitrogens with zero attached hydrogens (tertiary/aromatic N) is 1. The van der Waals surface area contributed by atoms with E-state index in [1.165, 1.54) is 7.11 Å². The first-order valence-electron chi connectivity index (χ1n) is 8.01. The van der Waals surface area contributed by atoms with Crippen LogP contribution in [0.15, 0.2) is 18.2 Å². The van der Waals surface area contributed by atoms with Crippen LogP contribution in [0.1, 0.15) is 12.8 Å². The summed E-state index contributed by atoms with van der Waals surface area (Å²) in [4.78, 5) is 27.2. The van der Waals surface area contributed by atoms with Gasteiger partial charge in [0.25, 0.3) is 0 Å². The molecule has 3 rings (SSSR count). The molecular weight excluding hydrogens is 312 g/mol. The third-order valence-electron chi connectivity index (χ3n) is 4.55. The van der Waals surface area contributed by atoms with Gasteiger partial charge in [0.2, 0.25) is 11.8 Å². The highest BCUT2D eigenvalue weighted by Gasteiger charge is 2.58. The Kier molecular flexibility index (Phi) is 4.62. The molecule has 0 unspecified atom stereocenters. The standard InChI is InChI=1S/C17H22N2O5/c1-22-12-3-4-13(14(11-12)23-2)18-15(20)17(5-6-17)16(21)19-7-9-24-10-8-19/h3-4,11H,5-10H2,1-2H3,(H,18,20). The van der Waals surface area contributed by atoms with Crippen molar-refractivity contribution >= 4 is 17.5 Å². The number of benzene rings is 1. The fourth-order valence-corrected chi connectivity index (χ4v) is 2.88. The molecule has 1 aromatic carbocycles. The largest absolute Gasteiger partial charge is 0.497 e. The van der Waals surface area contributed by atoms with Crippen molar-refractivity contribution in [2.75, 3.05) is 45.8 Å². The lowest BCUT2D eigenvalue weighted by Crippen LogP contribution is -2.47. The van der Waals surface area contributed by atoms with Gasteiger partial charge in [-0.05, 0) is 25.0 Å². The number of hydrogen-bond donors (Lipinski definition) is 1. The zero-order valence-corrected chi connectivity index (χ0v) is 14.0. The van der Waals surface area contributed by atoms with Crippen LogP contribution in [0.25, 0.3) is 0 Å². The topological polar surface area (TPSA) is 77.1 Å². The number of carbonyl (C=O) groups is 2. The van der Waals surface area contributed by atoms with Crippen LogP contribution >= 0.6 is 0 Å². The summed E-state index contributed by atoms with van der Waals surface area (Å²) >= 11 is 0. The molecule has 1 aliphatic heterocycles. The van der Waals surface area contributed by atoms with Crippen LogP contribution in [0.5, 0.6) is 11.5 Å². The van der Waals surface area contributed by atoms with E-state index in [9.17, 15) is 9.59 Å². The van der Waals surface area contributed by atoms with Crippen LogP contribution in [0, 0.1) is 5.41 Å². The van der Waals surface area contributed by atoms with E-state index in [1.807, 2.05) is 0 Å². The number of hydrogen-bond acceptors (Lipinski definition) is 5. The van der Waals surface area contributed by atoms with Gasteiger partial charge in [-0.1, -0.05) is 0 Å². The van der Waals surface area contributed by atoms with Crippen molar-refractivity contribution in [3.05, 3.63) is 18.2 Å². The molecule has 2 amide bonds. The maximum atomic E-state index is 12.7. The number of methoxy groups -OCH3 is 2. The van der Waals surface area contributed by atoms with Gasteiger partial charge in [-0.25, -0.2) is 0 Å². The lowest BCUT2D eigenvalue weighted by atomic mass is 10.0. The van der Waals surface area contributed by atoms with Crippen molar-refractivity contribution in [1.29, 1.82) is 0 Å². The second-order valence-electron chi connectivity index (χ2n) is 6.01. The average molecular weight is 334 g/mol. The third kappa shape index (κ3) is 3.03. The lowest BCUT2D eigenvalue weighted by Gasteiger charge is -2.30. The SMILES string of the molecule is COc1ccc(NC(=O)C2(C(=O)N3CCOCC3)CC2)c(OC)c1. The van der Waals surface area contributed by atoms with Crippen LogP contribution in [-0.2, 0) is 14.3 Å². The van der Waals surface area contributed by atoms with Crippen molar-refractivity contribution in [3.63, 3.8) is 0 Å². The van der Waals surface area contributed by atoms with Gasteiger partial charge in [-0.2, -0.15) is 0 Å². The lowest BCUT2D eigenvalue weighted by molar-refractivity contribution is -0.145. The van der Waals surface area contributed by atoms with Crippen molar-refractivity contribution in [3.8, 4) is 11.5 Å². The molecule has 0 bridgehead atoms. The fraction of sp³-hybridized carbons (Fsp3) is 0.529. The van der Waals surface area contributed by atoms with E-state index in [4.69, 9.17) is 14.2 Å². The first kappa shape index (κ1) is 16.6. The monoisotopic (exact) mass is 334 g/mol. The fourth-order valence-electron chi connectivity index (χ4n) is 2.88. The van der Waals surface area contributed by atoms with E-state index in [-0.39, 0.29) is 11.8 Å². The Labute approximate surface area is 140 Å². The average Bonchev–Trinajstić information content (AvgIpc) is 3.44. The smallest absolute Gasteiger partial charge is 0.240 e. The van der Waals surface area contributed by atoms with Crippen LogP contribution < -0.4 is 14.8 Å². The molecule has 7 heteroatoms. The summed E-state index contributed by atoms with van der Waals surface area (Å²) in [6.45, 7) is 2.13. The number of carbonyl (C=O) groups excluding carboxylic acids is 2. The predicted molar refractivity (Wildman–Crippen MR) is 87.2 cm³/mol. The summed E-state index contributed by atoms with van der Waals surface area (Å²) in [7, 11) is 3.09. The van der Waals surface area contributed by atoms with Crippen LogP contribution in [0.3, 0.4) is 0 Å². The van der Waals surface area contributed by atoms with Crippen molar-refractivity contribution in [2.45, 2.75) is 12.8 Å². The van der Waals surface area contributed by atoms with E-state index >= 15 is 0 Å². The molecule has 24 heavy (non-hydrogen) atoms. The number of nitrogens with one attached hydrogen (secondary N) is 1. The summed E-state index contributed by atoms with van der Waals surface area (Å²) in [5.41, 5.74) is -0.410. The molecule has 0 radical (unpaired) electrons. The van der Waals surface area contributed by atoms with Crippen LogP contribution in [-0.4, -0.2) is 57.2 Å². The van der Waals surface area contributed by atoms with E-state index in [0.29, 0.717) is 56.3 Å². The number of rotatable bonds is 5. The minimum absolute atomic E-state index is 0.101. The van der Waals surface area contributed by atoms with Gasteiger partial charge in [0.15, 0.2) is 0 Å². The summed E-state index contributed by atoms with van der Waals surface area (Å²) in [6.07, 6.45) is 1.15. The van der Waals surface area contributed by atoms with Crippen molar-refractivity contribution in [2.24, 2.45) is 5.41 Å². The summed E-state index contributed by atoms with van der Waals surface area (Å²) < 4.78 is 15.7. The zero-order chi connectivity index (χ0) is 17.2. The molecule has 1 N–H and O–H groups in total. The molecule has 1 aromatic rings. The number of amides is 2. The Morgan fingerprint density at radius 2 is 1.88 bits per heavy atom. The second-order valence-corrected chi connectivity index (χ2v) is 6.01. The third-order valence-corrected chi connectivity index (χ3v) is 4.55. The zero-order valence-electron chi connectivity index (χ0n) is 14.0. The van der Waals surface area contributed by atoms with E-state index in [1.54, 1.807) is 30.2 Å². The van der Waals surface area contributed by atoms with Gasteiger partial charge in [0.05, 0.1) is 33.1 Å². The molecular formula is C17H22N2O5. The Morgan fingerprint density at radius 1 is 1.17 bits per heavy atom. The molecule has 130 valence electrons. The Bertz CT molecular complexity index is 636. The second kappa shape index (κ2) is 6.68. The van der Waals surface area contributed by atoms with Crippen LogP contribution in [0.2, 0.25) is 0 Å². The molecule has 1 saturated heterocycles. The summed E-state index contributed by atoms with van der Waals surface area (Å²) in [6, 6.07) is 5.14. The molecule has 2 fully saturated rings. The normalized spacial score (nSPS) is 18.7. The van der Waals surface area contributed by atoms with Gasteiger partial charge in [0.1, 0.15) is 16.9 Å². The van der Waals surface area contributed by atoms with Gasteiger partial charge >= 0.3 is 0 Å². The Balaban J connectivity index is 1.73. The Hall–Kier alpha value is -2.28. The van der Waals surface area contributed by atoms with Crippen molar-refractivity contribution < 1.29 is 23.8 Å². The maximum Gasteiger partial charge on any atom is 0.240 e. The molecule has 7 nitrogen and oxygen atoms in total. The minimum atomic E-state index is -0.942. The number of anilines is 1. The maximum absolute atomic E-state index is 12.7. The van der Waals surface area contributed by atoms with Gasteiger partial charge in [-0.15, -0.1) is 0 Å². The van der Waals surface area contributed by atoms with Crippen molar-refractivity contribution in [1.82, 2.24) is 4.90 Å². The molecule has 1 aliphatic carbocycles. The summed E-state index contributed by atoms with van der Waals surface area (Å²) in [5, 5.41) is 2.84. The van der Waals surface area contributed by atoms with Crippen LogP contribution in [0.4, 0.5) is 5.69 Å². The minimum Gasteiger partial charge on any atom is -0.497 e. The molecule has 1 saturated carbocycles. The first-order valence-corrected chi connectivity index (χ1v) is 8.01. The van der Waals surface area contributed by atoms with E-state index in [2.05, 4.69) is 5.32 Å². The number of morpholine rings is 1. The first-order chi connectivity index (χ1) is 11.6. The van der Waals surface area contributed by atoms with Gasteiger partial charge < -0.3 is 24.4 Å². The predicted octanol–water partition coefficient (Wildman–Crippen LogP) is 1.28. The Morgan fingerprint density at radius 3 is 2.46 bits per heavy atom. The highest BCUT2D eigenvalue weighted by Crippen LogP contribution is 2.48. The molecule has 0 aromatic heterocycles. The molecule has 2 aliphatic rings. The number of ether oxygens (including phenoxy) is 3.